The van der Waals surface area contributed by atoms with Crippen molar-refractivity contribution in [3.8, 4) is 0 Å². The summed E-state index contributed by atoms with van der Waals surface area (Å²) in [6, 6.07) is 4.01. The molecule has 1 fully saturated rings. The van der Waals surface area contributed by atoms with Crippen LogP contribution in [-0.4, -0.2) is 20.4 Å². The molecule has 1 N–H and O–H groups in total. The first-order valence-corrected chi connectivity index (χ1v) is 7.34. The van der Waals surface area contributed by atoms with Gasteiger partial charge in [-0.05, 0) is 44.2 Å². The molecule has 5 heteroatoms. The Morgan fingerprint density at radius 3 is 2.81 bits per heavy atom. The molecule has 0 radical (unpaired) electrons. The van der Waals surface area contributed by atoms with Gasteiger partial charge in [0.25, 0.3) is 0 Å². The number of nitrogens with one attached hydrogen (secondary N) is 1. The minimum Gasteiger partial charge on any atom is -0.346 e. The van der Waals surface area contributed by atoms with Gasteiger partial charge in [-0.1, -0.05) is 6.07 Å². The number of aromatic nitrogens is 3. The highest BCUT2D eigenvalue weighted by Gasteiger charge is 2.35. The lowest BCUT2D eigenvalue weighted by molar-refractivity contribution is -0.122. The molecule has 1 amide bonds. The van der Waals surface area contributed by atoms with Crippen LogP contribution in [0.15, 0.2) is 30.7 Å². The molecule has 0 aliphatic heterocycles. The van der Waals surface area contributed by atoms with Gasteiger partial charge in [0.15, 0.2) is 0 Å². The number of aryl methyl sites for hydroxylation is 2. The molecule has 1 aliphatic carbocycles. The lowest BCUT2D eigenvalue weighted by Gasteiger charge is -2.20. The zero-order valence-corrected chi connectivity index (χ0v) is 12.4. The normalized spacial score (nSPS) is 15.7. The second kappa shape index (κ2) is 5.68. The monoisotopic (exact) mass is 284 g/mol. The van der Waals surface area contributed by atoms with Gasteiger partial charge in [0.2, 0.25) is 5.91 Å². The van der Waals surface area contributed by atoms with Gasteiger partial charge in [-0.2, -0.15) is 0 Å². The molecule has 5 nitrogen and oxygen atoms in total. The molecule has 3 rings (SSSR count). The molecule has 0 aromatic carbocycles. The van der Waals surface area contributed by atoms with E-state index in [1.807, 2.05) is 36.7 Å². The van der Waals surface area contributed by atoms with Crippen molar-refractivity contribution in [1.82, 2.24) is 19.9 Å². The number of pyridine rings is 1. The average Bonchev–Trinajstić information content (AvgIpc) is 3.22. The number of imidazole rings is 1. The Hall–Kier alpha value is -2.17. The Balaban J connectivity index is 1.73. The lowest BCUT2D eigenvalue weighted by atomic mass is 10.0. The summed E-state index contributed by atoms with van der Waals surface area (Å²) in [6.45, 7) is 4.25. The number of hydrogen-bond acceptors (Lipinski definition) is 3. The first-order valence-electron chi connectivity index (χ1n) is 7.34. The Bertz CT molecular complexity index is 645. The first kappa shape index (κ1) is 13.8. The molecule has 1 atom stereocenters. The molecule has 0 spiro atoms. The van der Waals surface area contributed by atoms with E-state index in [1.165, 1.54) is 0 Å². The van der Waals surface area contributed by atoms with Gasteiger partial charge in [-0.25, -0.2) is 4.98 Å². The third kappa shape index (κ3) is 3.12. The third-order valence-electron chi connectivity index (χ3n) is 3.99. The standard InChI is InChI=1S/C16H20N4O/c1-11-4-3-7-18-15(11)16(13-5-6-13)19-14(21)10-20-9-8-17-12(20)2/h3-4,7-9,13,16H,5-6,10H2,1-2H3,(H,19,21)/t16-/m0/s1. The molecular formula is C16H20N4O. The lowest BCUT2D eigenvalue weighted by Crippen LogP contribution is -2.33. The fraction of sp³-hybridized carbons (Fsp3) is 0.438. The van der Waals surface area contributed by atoms with Crippen molar-refractivity contribution >= 4 is 5.91 Å². The Kier molecular flexibility index (Phi) is 3.73. The second-order valence-electron chi connectivity index (χ2n) is 5.69. The zero-order chi connectivity index (χ0) is 14.8. The number of nitrogens with zero attached hydrogens (tertiary/aromatic N) is 3. The average molecular weight is 284 g/mol. The van der Waals surface area contributed by atoms with Gasteiger partial charge in [0.1, 0.15) is 12.4 Å². The van der Waals surface area contributed by atoms with Gasteiger partial charge in [-0.3, -0.25) is 9.78 Å². The van der Waals surface area contributed by atoms with Gasteiger partial charge in [0.05, 0.1) is 11.7 Å². The molecule has 110 valence electrons. The summed E-state index contributed by atoms with van der Waals surface area (Å²) in [5, 5.41) is 3.15. The largest absolute Gasteiger partial charge is 0.346 e. The van der Waals surface area contributed by atoms with Crippen molar-refractivity contribution < 1.29 is 4.79 Å². The third-order valence-corrected chi connectivity index (χ3v) is 3.99. The Morgan fingerprint density at radius 1 is 1.38 bits per heavy atom. The second-order valence-corrected chi connectivity index (χ2v) is 5.69. The molecule has 0 saturated heterocycles. The number of carbonyl (C=O) groups excluding carboxylic acids is 1. The van der Waals surface area contributed by atoms with Gasteiger partial charge < -0.3 is 9.88 Å². The SMILES string of the molecule is Cc1cccnc1[C@@H](NC(=O)Cn1ccnc1C)C1CC1. The van der Waals surface area contributed by atoms with Gasteiger partial charge >= 0.3 is 0 Å². The van der Waals surface area contributed by atoms with E-state index in [0.717, 1.165) is 29.9 Å². The highest BCUT2D eigenvalue weighted by Crippen LogP contribution is 2.41. The maximum absolute atomic E-state index is 12.3. The summed E-state index contributed by atoms with van der Waals surface area (Å²) < 4.78 is 1.85. The van der Waals surface area contributed by atoms with Crippen LogP contribution in [0.2, 0.25) is 0 Å². The molecule has 2 heterocycles. The fourth-order valence-corrected chi connectivity index (χ4v) is 2.61. The molecule has 2 aromatic heterocycles. The smallest absolute Gasteiger partial charge is 0.240 e. The van der Waals surface area contributed by atoms with Gasteiger partial charge in [0, 0.05) is 18.6 Å². The first-order chi connectivity index (χ1) is 10.1. The minimum absolute atomic E-state index is 0.0121. The van der Waals surface area contributed by atoms with Crippen LogP contribution in [0.1, 0.15) is 36.0 Å². The van der Waals surface area contributed by atoms with Crippen molar-refractivity contribution in [3.63, 3.8) is 0 Å². The van der Waals surface area contributed by atoms with Crippen LogP contribution in [-0.2, 0) is 11.3 Å². The van der Waals surface area contributed by atoms with E-state index in [0.29, 0.717) is 12.5 Å². The van der Waals surface area contributed by atoms with Crippen molar-refractivity contribution in [2.75, 3.05) is 0 Å². The summed E-state index contributed by atoms with van der Waals surface area (Å²) in [5.74, 6) is 1.38. The number of carbonyl (C=O) groups is 1. The number of hydrogen-bond donors (Lipinski definition) is 1. The summed E-state index contributed by atoms with van der Waals surface area (Å²) in [6.07, 6.45) is 7.65. The molecule has 1 aliphatic rings. The summed E-state index contributed by atoms with van der Waals surface area (Å²) in [5.41, 5.74) is 2.13. The molecule has 21 heavy (non-hydrogen) atoms. The zero-order valence-electron chi connectivity index (χ0n) is 12.4. The van der Waals surface area contributed by atoms with Crippen LogP contribution in [0.5, 0.6) is 0 Å². The minimum atomic E-state index is 0.0121. The van der Waals surface area contributed by atoms with E-state index < -0.39 is 0 Å². The topological polar surface area (TPSA) is 59.8 Å². The molecular weight excluding hydrogens is 264 g/mol. The van der Waals surface area contributed by atoms with Gasteiger partial charge in [-0.15, -0.1) is 0 Å². The van der Waals surface area contributed by atoms with Crippen molar-refractivity contribution in [2.45, 2.75) is 39.3 Å². The predicted octanol–water partition coefficient (Wildman–Crippen LogP) is 2.16. The van der Waals surface area contributed by atoms with E-state index in [1.54, 1.807) is 12.4 Å². The molecule has 0 bridgehead atoms. The number of amides is 1. The van der Waals surface area contributed by atoms with E-state index in [9.17, 15) is 4.79 Å². The van der Waals surface area contributed by atoms with E-state index in [2.05, 4.69) is 15.3 Å². The fourth-order valence-electron chi connectivity index (χ4n) is 2.61. The maximum Gasteiger partial charge on any atom is 0.240 e. The molecule has 2 aromatic rings. The van der Waals surface area contributed by atoms with E-state index in [-0.39, 0.29) is 11.9 Å². The predicted molar refractivity (Wildman–Crippen MR) is 79.5 cm³/mol. The molecule has 1 saturated carbocycles. The Labute approximate surface area is 124 Å². The highest BCUT2D eigenvalue weighted by molar-refractivity contribution is 5.76. The maximum atomic E-state index is 12.3. The van der Waals surface area contributed by atoms with Crippen molar-refractivity contribution in [2.24, 2.45) is 5.92 Å². The summed E-state index contributed by atoms with van der Waals surface area (Å²) in [7, 11) is 0. The highest BCUT2D eigenvalue weighted by atomic mass is 16.2. The molecule has 0 unspecified atom stereocenters. The quantitative estimate of drug-likeness (QED) is 0.915. The Morgan fingerprint density at radius 2 is 2.19 bits per heavy atom. The summed E-state index contributed by atoms with van der Waals surface area (Å²) in [4.78, 5) is 20.9. The number of rotatable bonds is 5. The van der Waals surface area contributed by atoms with Crippen LogP contribution in [0.4, 0.5) is 0 Å². The van der Waals surface area contributed by atoms with Crippen LogP contribution < -0.4 is 5.32 Å². The van der Waals surface area contributed by atoms with Crippen LogP contribution in [0.3, 0.4) is 0 Å². The van der Waals surface area contributed by atoms with E-state index in [4.69, 9.17) is 0 Å². The van der Waals surface area contributed by atoms with Crippen molar-refractivity contribution in [1.29, 1.82) is 0 Å². The van der Waals surface area contributed by atoms with Crippen LogP contribution in [0.25, 0.3) is 0 Å². The van der Waals surface area contributed by atoms with E-state index >= 15 is 0 Å². The summed E-state index contributed by atoms with van der Waals surface area (Å²) >= 11 is 0. The van der Waals surface area contributed by atoms with Crippen LogP contribution >= 0.6 is 0 Å². The van der Waals surface area contributed by atoms with Crippen LogP contribution in [0, 0.1) is 19.8 Å². The van der Waals surface area contributed by atoms with Crippen molar-refractivity contribution in [3.05, 3.63) is 47.8 Å².